The van der Waals surface area contributed by atoms with Gasteiger partial charge >= 0.3 is 0 Å². The molecule has 2 atom stereocenters. The predicted octanol–water partition coefficient (Wildman–Crippen LogP) is 2.68. The Morgan fingerprint density at radius 3 is 2.79 bits per heavy atom. The third-order valence-electron chi connectivity index (χ3n) is 4.24. The maximum atomic E-state index is 12.5. The molecule has 0 saturated heterocycles. The molecule has 1 N–H and O–H groups in total. The number of nitrogens with one attached hydrogen (secondary N) is 1. The minimum atomic E-state index is -0.0610. The van der Waals surface area contributed by atoms with Crippen LogP contribution in [0.2, 0.25) is 0 Å². The number of aryl methyl sites for hydroxylation is 1. The van der Waals surface area contributed by atoms with E-state index in [0.717, 1.165) is 17.7 Å². The number of hydrogen-bond donors (Lipinski definition) is 1. The summed E-state index contributed by atoms with van der Waals surface area (Å²) in [5.74, 6) is 0.266. The number of carbonyl (C=O) groups is 1. The molecule has 0 amide bonds. The minimum absolute atomic E-state index is 0.0610. The minimum Gasteiger partial charge on any atom is -0.306 e. The van der Waals surface area contributed by atoms with Crippen LogP contribution in [0, 0.1) is 18.3 Å². The molecule has 3 nitrogen and oxygen atoms in total. The van der Waals surface area contributed by atoms with Crippen molar-refractivity contribution >= 4 is 11.5 Å². The summed E-state index contributed by atoms with van der Waals surface area (Å²) in [6.45, 7) is 6.39. The molecule has 1 fully saturated rings. The number of Topliss-reactive ketones (excluding diaryl/α,β-unsaturated/α-hetero) is 1. The third-order valence-corrected chi connectivity index (χ3v) is 4.24. The van der Waals surface area contributed by atoms with Gasteiger partial charge in [-0.05, 0) is 24.3 Å². The Bertz CT molecular complexity index is 560. The molecular weight excluding hydrogens is 236 g/mol. The first kappa shape index (κ1) is 12.4. The molecule has 1 aromatic carbocycles. The van der Waals surface area contributed by atoms with Crippen LogP contribution >= 0.6 is 0 Å². The summed E-state index contributed by atoms with van der Waals surface area (Å²) in [7, 11) is 0. The maximum Gasteiger partial charge on any atom is 0.144 e. The number of carbonyl (C=O) groups excluding carboxylic acids is 1. The second kappa shape index (κ2) is 4.19. The molecule has 3 rings (SSSR count). The van der Waals surface area contributed by atoms with E-state index in [1.165, 1.54) is 5.56 Å². The molecule has 1 aliphatic carbocycles. The molecule has 0 spiro atoms. The van der Waals surface area contributed by atoms with Crippen LogP contribution in [-0.4, -0.2) is 17.5 Å². The van der Waals surface area contributed by atoms with Gasteiger partial charge in [-0.15, -0.1) is 0 Å². The van der Waals surface area contributed by atoms with Crippen LogP contribution in [0.1, 0.15) is 37.8 Å². The zero-order chi connectivity index (χ0) is 13.6. The van der Waals surface area contributed by atoms with Gasteiger partial charge in [0.25, 0.3) is 0 Å². The van der Waals surface area contributed by atoms with E-state index in [2.05, 4.69) is 43.4 Å². The van der Waals surface area contributed by atoms with Gasteiger partial charge in [0.2, 0.25) is 0 Å². The molecule has 19 heavy (non-hydrogen) atoms. The molecule has 3 heteroatoms. The van der Waals surface area contributed by atoms with Crippen LogP contribution in [-0.2, 0) is 4.79 Å². The Balaban J connectivity index is 1.95. The van der Waals surface area contributed by atoms with E-state index in [0.29, 0.717) is 12.2 Å². The van der Waals surface area contributed by atoms with Crippen molar-refractivity contribution in [2.75, 3.05) is 0 Å². The number of fused-ring (bicyclic) bond motifs is 1. The van der Waals surface area contributed by atoms with E-state index in [1.54, 1.807) is 0 Å². The zero-order valence-electron chi connectivity index (χ0n) is 11.7. The highest BCUT2D eigenvalue weighted by Crippen LogP contribution is 2.39. The van der Waals surface area contributed by atoms with E-state index < -0.39 is 0 Å². The Labute approximate surface area is 114 Å². The van der Waals surface area contributed by atoms with Crippen molar-refractivity contribution in [3.63, 3.8) is 0 Å². The van der Waals surface area contributed by atoms with Gasteiger partial charge in [0, 0.05) is 12.0 Å². The van der Waals surface area contributed by atoms with Crippen molar-refractivity contribution in [2.45, 2.75) is 39.7 Å². The first-order chi connectivity index (χ1) is 8.98. The average Bonchev–Trinajstić information content (AvgIpc) is 2.71. The molecule has 1 saturated carbocycles. The van der Waals surface area contributed by atoms with E-state index >= 15 is 0 Å². The number of benzene rings is 1. The van der Waals surface area contributed by atoms with Crippen molar-refractivity contribution in [3.8, 4) is 0 Å². The van der Waals surface area contributed by atoms with Crippen molar-refractivity contribution in [1.29, 1.82) is 0 Å². The largest absolute Gasteiger partial charge is 0.306 e. The number of nitrogens with zero attached hydrogens (tertiary/aromatic N) is 1. The molecule has 0 radical (unpaired) electrons. The highest BCUT2D eigenvalue weighted by Gasteiger charge is 2.46. The third kappa shape index (κ3) is 2.07. The topological polar surface area (TPSA) is 41.5 Å². The lowest BCUT2D eigenvalue weighted by atomic mass is 9.68. The maximum absolute atomic E-state index is 12.5. The van der Waals surface area contributed by atoms with Gasteiger partial charge in [0.05, 0.1) is 17.7 Å². The molecule has 0 bridgehead atoms. The fourth-order valence-electron chi connectivity index (χ4n) is 3.36. The Kier molecular flexibility index (Phi) is 2.73. The summed E-state index contributed by atoms with van der Waals surface area (Å²) in [4.78, 5) is 12.5. The Morgan fingerprint density at radius 1 is 1.32 bits per heavy atom. The van der Waals surface area contributed by atoms with E-state index in [1.807, 2.05) is 12.1 Å². The first-order valence-electron chi connectivity index (χ1n) is 6.90. The van der Waals surface area contributed by atoms with Crippen LogP contribution in [0.3, 0.4) is 0 Å². The quantitative estimate of drug-likeness (QED) is 0.839. The lowest BCUT2D eigenvalue weighted by molar-refractivity contribution is -0.126. The van der Waals surface area contributed by atoms with Crippen LogP contribution < -0.4 is 5.43 Å². The average molecular weight is 256 g/mol. The Hall–Kier alpha value is -1.64. The smallest absolute Gasteiger partial charge is 0.144 e. The second-order valence-electron chi connectivity index (χ2n) is 6.54. The SMILES string of the molecule is Cc1ccccc1C1=NN[C@H]2CC(C)(C)CC(=O)[C@H]12. The van der Waals surface area contributed by atoms with Gasteiger partial charge in [-0.3, -0.25) is 4.79 Å². The molecular formula is C16H20N2O. The van der Waals surface area contributed by atoms with Crippen molar-refractivity contribution < 1.29 is 4.79 Å². The normalized spacial score (nSPS) is 28.6. The lowest BCUT2D eigenvalue weighted by Crippen LogP contribution is -2.45. The van der Waals surface area contributed by atoms with Crippen LogP contribution in [0.25, 0.3) is 0 Å². The molecule has 0 aromatic heterocycles. The number of hydrogen-bond acceptors (Lipinski definition) is 3. The zero-order valence-corrected chi connectivity index (χ0v) is 11.7. The summed E-state index contributed by atoms with van der Waals surface area (Å²) in [5, 5.41) is 4.47. The Morgan fingerprint density at radius 2 is 2.05 bits per heavy atom. The highest BCUT2D eigenvalue weighted by atomic mass is 16.1. The van der Waals surface area contributed by atoms with Crippen molar-refractivity contribution in [2.24, 2.45) is 16.4 Å². The molecule has 1 aliphatic heterocycles. The summed E-state index contributed by atoms with van der Waals surface area (Å²) < 4.78 is 0. The van der Waals surface area contributed by atoms with Crippen molar-refractivity contribution in [1.82, 2.24) is 5.43 Å². The summed E-state index contributed by atoms with van der Waals surface area (Å²) >= 11 is 0. The molecule has 0 unspecified atom stereocenters. The van der Waals surface area contributed by atoms with E-state index in [4.69, 9.17) is 0 Å². The van der Waals surface area contributed by atoms with Gasteiger partial charge < -0.3 is 5.43 Å². The number of hydrazone groups is 1. The van der Waals surface area contributed by atoms with Gasteiger partial charge in [-0.1, -0.05) is 38.1 Å². The summed E-state index contributed by atoms with van der Waals surface area (Å²) in [6, 6.07) is 8.33. The fraction of sp³-hybridized carbons (Fsp3) is 0.500. The standard InChI is InChI=1S/C16H20N2O/c1-10-6-4-5-7-11(10)15-14-12(17-18-15)8-16(2,3)9-13(14)19/h4-7,12,14,17H,8-9H2,1-3H3/t12-,14+/m0/s1. The molecule has 100 valence electrons. The monoisotopic (exact) mass is 256 g/mol. The van der Waals surface area contributed by atoms with Crippen LogP contribution in [0.15, 0.2) is 29.4 Å². The number of ketones is 1. The predicted molar refractivity (Wildman–Crippen MR) is 76.2 cm³/mol. The van der Waals surface area contributed by atoms with Crippen molar-refractivity contribution in [3.05, 3.63) is 35.4 Å². The first-order valence-corrected chi connectivity index (χ1v) is 6.90. The van der Waals surface area contributed by atoms with E-state index in [9.17, 15) is 4.79 Å². The van der Waals surface area contributed by atoms with Gasteiger partial charge in [0.1, 0.15) is 5.78 Å². The summed E-state index contributed by atoms with van der Waals surface area (Å²) in [5.41, 5.74) is 6.50. The van der Waals surface area contributed by atoms with Gasteiger partial charge in [-0.2, -0.15) is 5.10 Å². The lowest BCUT2D eigenvalue weighted by Gasteiger charge is -2.36. The number of rotatable bonds is 1. The van der Waals surface area contributed by atoms with Gasteiger partial charge in [0.15, 0.2) is 0 Å². The fourth-order valence-corrected chi connectivity index (χ4v) is 3.36. The van der Waals surface area contributed by atoms with Crippen LogP contribution in [0.4, 0.5) is 0 Å². The van der Waals surface area contributed by atoms with Gasteiger partial charge in [-0.25, -0.2) is 0 Å². The summed E-state index contributed by atoms with van der Waals surface area (Å²) in [6.07, 6.45) is 1.66. The molecule has 1 aromatic rings. The molecule has 1 heterocycles. The van der Waals surface area contributed by atoms with E-state index in [-0.39, 0.29) is 17.4 Å². The molecule has 2 aliphatic rings. The van der Waals surface area contributed by atoms with Crippen LogP contribution in [0.5, 0.6) is 0 Å². The highest BCUT2D eigenvalue weighted by molar-refractivity contribution is 6.16. The second-order valence-corrected chi connectivity index (χ2v) is 6.54.